The van der Waals surface area contributed by atoms with E-state index in [1.807, 2.05) is 38.2 Å². The molecule has 6 heteroatoms. The molecule has 1 saturated heterocycles. The topological polar surface area (TPSA) is 68.2 Å². The number of amides is 2. The van der Waals surface area contributed by atoms with E-state index in [4.69, 9.17) is 4.74 Å². The van der Waals surface area contributed by atoms with E-state index in [-0.39, 0.29) is 18.1 Å². The molecule has 122 valence electrons. The van der Waals surface area contributed by atoms with Crippen LogP contribution >= 0.6 is 0 Å². The van der Waals surface area contributed by atoms with Crippen molar-refractivity contribution >= 4 is 11.8 Å². The largest absolute Gasteiger partial charge is 0.373 e. The summed E-state index contributed by atoms with van der Waals surface area (Å²) in [4.78, 5) is 12.0. The number of aryl methyl sites for hydroxylation is 2. The normalized spacial score (nSPS) is 20.4. The van der Waals surface area contributed by atoms with Gasteiger partial charge in [0.2, 0.25) is 0 Å². The van der Waals surface area contributed by atoms with Gasteiger partial charge in [0.25, 0.3) is 0 Å². The van der Waals surface area contributed by atoms with Crippen LogP contribution in [-0.4, -0.2) is 29.0 Å². The monoisotopic (exact) mass is 314 g/mol. The molecule has 2 aromatic rings. The molecule has 0 bridgehead atoms. The Morgan fingerprint density at radius 2 is 2.17 bits per heavy atom. The van der Waals surface area contributed by atoms with Crippen molar-refractivity contribution in [2.75, 3.05) is 18.5 Å². The van der Waals surface area contributed by atoms with Gasteiger partial charge in [-0.15, -0.1) is 0 Å². The molecule has 23 heavy (non-hydrogen) atoms. The number of urea groups is 1. The van der Waals surface area contributed by atoms with Crippen molar-refractivity contribution < 1.29 is 9.53 Å². The summed E-state index contributed by atoms with van der Waals surface area (Å²) in [5, 5.41) is 9.89. The first kappa shape index (κ1) is 15.6. The number of nitrogens with one attached hydrogen (secondary N) is 2. The van der Waals surface area contributed by atoms with Crippen LogP contribution in [0.25, 0.3) is 0 Å². The molecule has 0 radical (unpaired) electrons. The van der Waals surface area contributed by atoms with Gasteiger partial charge in [-0.2, -0.15) is 5.10 Å². The third-order valence-corrected chi connectivity index (χ3v) is 4.22. The Balaban J connectivity index is 1.54. The average Bonchev–Trinajstić information content (AvgIpc) is 3.13. The van der Waals surface area contributed by atoms with Gasteiger partial charge in [-0.3, -0.25) is 10.00 Å². The van der Waals surface area contributed by atoms with Crippen molar-refractivity contribution in [1.29, 1.82) is 0 Å². The Hall–Kier alpha value is -2.34. The molecule has 2 atom stereocenters. The third-order valence-electron chi connectivity index (χ3n) is 4.22. The Labute approximate surface area is 135 Å². The Morgan fingerprint density at radius 1 is 1.39 bits per heavy atom. The standard InChI is InChI=1S/C17H22N4O2/c1-12-10-15(20-21(12)2)19-17(22)18-11-14-8-9-23-16(14)13-6-4-3-5-7-13/h3-7,10,14,16H,8-9,11H2,1-2H3,(H2,18,19,20,22)/t14-,16-/m0/s1. The maximum atomic E-state index is 12.0. The summed E-state index contributed by atoms with van der Waals surface area (Å²) in [6.45, 7) is 3.25. The third kappa shape index (κ3) is 3.71. The van der Waals surface area contributed by atoms with Crippen LogP contribution < -0.4 is 10.6 Å². The van der Waals surface area contributed by atoms with Gasteiger partial charge in [0.05, 0.1) is 6.10 Å². The van der Waals surface area contributed by atoms with Gasteiger partial charge in [-0.1, -0.05) is 30.3 Å². The second-order valence-corrected chi connectivity index (χ2v) is 5.88. The van der Waals surface area contributed by atoms with Crippen LogP contribution in [-0.2, 0) is 11.8 Å². The molecular formula is C17H22N4O2. The maximum absolute atomic E-state index is 12.0. The lowest BCUT2D eigenvalue weighted by molar-refractivity contribution is 0.0911. The van der Waals surface area contributed by atoms with Gasteiger partial charge < -0.3 is 10.1 Å². The predicted octanol–water partition coefficient (Wildman–Crippen LogP) is 2.63. The molecule has 1 fully saturated rings. The van der Waals surface area contributed by atoms with Gasteiger partial charge in [-0.05, 0) is 18.9 Å². The van der Waals surface area contributed by atoms with E-state index in [0.717, 1.165) is 24.3 Å². The second-order valence-electron chi connectivity index (χ2n) is 5.88. The van der Waals surface area contributed by atoms with Crippen molar-refractivity contribution in [3.05, 3.63) is 47.7 Å². The summed E-state index contributed by atoms with van der Waals surface area (Å²) < 4.78 is 7.56. The molecule has 2 amide bonds. The molecule has 1 aliphatic rings. The van der Waals surface area contributed by atoms with E-state index in [0.29, 0.717) is 12.4 Å². The van der Waals surface area contributed by atoms with Crippen LogP contribution in [0.2, 0.25) is 0 Å². The molecule has 0 spiro atoms. The van der Waals surface area contributed by atoms with E-state index >= 15 is 0 Å². The maximum Gasteiger partial charge on any atom is 0.320 e. The zero-order chi connectivity index (χ0) is 16.2. The van der Waals surface area contributed by atoms with E-state index in [1.54, 1.807) is 4.68 Å². The quantitative estimate of drug-likeness (QED) is 0.911. The van der Waals surface area contributed by atoms with E-state index in [2.05, 4.69) is 27.9 Å². The lowest BCUT2D eigenvalue weighted by atomic mass is 9.95. The fourth-order valence-electron chi connectivity index (χ4n) is 2.86. The first-order valence-corrected chi connectivity index (χ1v) is 7.85. The van der Waals surface area contributed by atoms with Crippen LogP contribution in [0.3, 0.4) is 0 Å². The summed E-state index contributed by atoms with van der Waals surface area (Å²) in [6, 6.07) is 11.8. The van der Waals surface area contributed by atoms with Gasteiger partial charge in [-0.25, -0.2) is 4.79 Å². The highest BCUT2D eigenvalue weighted by molar-refractivity contribution is 5.88. The molecule has 6 nitrogen and oxygen atoms in total. The molecule has 0 aliphatic carbocycles. The van der Waals surface area contributed by atoms with E-state index in [1.165, 1.54) is 0 Å². The van der Waals surface area contributed by atoms with Gasteiger partial charge in [0.1, 0.15) is 0 Å². The van der Waals surface area contributed by atoms with Crippen LogP contribution in [0.5, 0.6) is 0 Å². The summed E-state index contributed by atoms with van der Waals surface area (Å²) >= 11 is 0. The van der Waals surface area contributed by atoms with Crippen LogP contribution in [0.15, 0.2) is 36.4 Å². The average molecular weight is 314 g/mol. The number of aromatic nitrogens is 2. The summed E-state index contributed by atoms with van der Waals surface area (Å²) in [5.74, 6) is 0.846. The van der Waals surface area contributed by atoms with E-state index < -0.39 is 0 Å². The number of hydrogen-bond donors (Lipinski definition) is 2. The molecule has 0 saturated carbocycles. The smallest absolute Gasteiger partial charge is 0.320 e. The highest BCUT2D eigenvalue weighted by atomic mass is 16.5. The van der Waals surface area contributed by atoms with Crippen molar-refractivity contribution in [3.63, 3.8) is 0 Å². The second kappa shape index (κ2) is 6.83. The molecule has 0 unspecified atom stereocenters. The molecule has 1 aromatic heterocycles. The minimum absolute atomic E-state index is 0.0496. The first-order chi connectivity index (χ1) is 11.1. The Morgan fingerprint density at radius 3 is 2.87 bits per heavy atom. The Kier molecular flexibility index (Phi) is 4.62. The molecule has 1 aliphatic heterocycles. The highest BCUT2D eigenvalue weighted by Crippen LogP contribution is 2.33. The summed E-state index contributed by atoms with van der Waals surface area (Å²) in [7, 11) is 1.85. The van der Waals surface area contributed by atoms with Gasteiger partial charge in [0.15, 0.2) is 5.82 Å². The molecular weight excluding hydrogens is 292 g/mol. The predicted molar refractivity (Wildman–Crippen MR) is 88.2 cm³/mol. The van der Waals surface area contributed by atoms with Crippen LogP contribution in [0.4, 0.5) is 10.6 Å². The molecule has 3 rings (SSSR count). The minimum Gasteiger partial charge on any atom is -0.373 e. The highest BCUT2D eigenvalue weighted by Gasteiger charge is 2.29. The number of rotatable bonds is 4. The molecule has 1 aromatic carbocycles. The minimum atomic E-state index is -0.234. The van der Waals surface area contributed by atoms with Gasteiger partial charge in [0, 0.05) is 37.9 Å². The fraction of sp³-hybridized carbons (Fsp3) is 0.412. The Bertz CT molecular complexity index is 649. The number of benzene rings is 1. The summed E-state index contributed by atoms with van der Waals surface area (Å²) in [5.41, 5.74) is 2.16. The van der Waals surface area contributed by atoms with Crippen molar-refractivity contribution in [1.82, 2.24) is 15.1 Å². The number of nitrogens with zero attached hydrogens (tertiary/aromatic N) is 2. The number of anilines is 1. The van der Waals surface area contributed by atoms with Crippen molar-refractivity contribution in [2.45, 2.75) is 19.4 Å². The van der Waals surface area contributed by atoms with E-state index in [9.17, 15) is 4.79 Å². The van der Waals surface area contributed by atoms with Crippen molar-refractivity contribution in [2.24, 2.45) is 13.0 Å². The zero-order valence-electron chi connectivity index (χ0n) is 13.5. The lowest BCUT2D eigenvalue weighted by Gasteiger charge is -2.19. The zero-order valence-corrected chi connectivity index (χ0v) is 13.5. The number of carbonyl (C=O) groups excluding carboxylic acids is 1. The lowest BCUT2D eigenvalue weighted by Crippen LogP contribution is -2.34. The number of carbonyl (C=O) groups is 1. The van der Waals surface area contributed by atoms with Crippen LogP contribution in [0.1, 0.15) is 23.8 Å². The SMILES string of the molecule is Cc1cc(NC(=O)NC[C@@H]2CCO[C@H]2c2ccccc2)nn1C. The summed E-state index contributed by atoms with van der Waals surface area (Å²) in [6.07, 6.45) is 0.997. The van der Waals surface area contributed by atoms with Gasteiger partial charge >= 0.3 is 6.03 Å². The number of ether oxygens (including phenoxy) is 1. The fourth-order valence-corrected chi connectivity index (χ4v) is 2.86. The number of hydrogen-bond acceptors (Lipinski definition) is 3. The molecule has 2 N–H and O–H groups in total. The van der Waals surface area contributed by atoms with Crippen LogP contribution in [0, 0.1) is 12.8 Å². The first-order valence-electron chi connectivity index (χ1n) is 7.85. The molecule has 2 heterocycles. The van der Waals surface area contributed by atoms with Crippen molar-refractivity contribution in [3.8, 4) is 0 Å².